The largest absolute Gasteiger partial charge is 0.476 e. The molecule has 0 atom stereocenters. The van der Waals surface area contributed by atoms with E-state index in [1.165, 1.54) is 11.1 Å². The first-order valence-electron chi connectivity index (χ1n) is 5.73. The van der Waals surface area contributed by atoms with Gasteiger partial charge in [-0.25, -0.2) is 9.48 Å². The van der Waals surface area contributed by atoms with Gasteiger partial charge < -0.3 is 9.63 Å². The molecule has 0 spiro atoms. The standard InChI is InChI=1S/C12H9N5O3/c18-12(19)10-11(8-4-2-1-3-5-8)17(16-14-10)6-9-13-7-20-15-9/h1-5,7H,6H2,(H,18,19). The first kappa shape index (κ1) is 12.0. The van der Waals surface area contributed by atoms with E-state index >= 15 is 0 Å². The van der Waals surface area contributed by atoms with E-state index in [1.54, 1.807) is 12.1 Å². The van der Waals surface area contributed by atoms with Crippen molar-refractivity contribution in [3.63, 3.8) is 0 Å². The topological polar surface area (TPSA) is 107 Å². The fraction of sp³-hybridized carbons (Fsp3) is 0.0833. The van der Waals surface area contributed by atoms with Crippen LogP contribution in [0.2, 0.25) is 0 Å². The fourth-order valence-electron chi connectivity index (χ4n) is 1.85. The Hall–Kier alpha value is -3.03. The van der Waals surface area contributed by atoms with Crippen LogP contribution in [0.25, 0.3) is 11.3 Å². The molecule has 1 aromatic carbocycles. The second-order valence-corrected chi connectivity index (χ2v) is 3.96. The lowest BCUT2D eigenvalue weighted by Gasteiger charge is -2.04. The summed E-state index contributed by atoms with van der Waals surface area (Å²) in [6, 6.07) is 9.05. The molecule has 0 aliphatic heterocycles. The van der Waals surface area contributed by atoms with Gasteiger partial charge in [0.05, 0.1) is 0 Å². The van der Waals surface area contributed by atoms with Crippen molar-refractivity contribution in [2.45, 2.75) is 6.54 Å². The second-order valence-electron chi connectivity index (χ2n) is 3.96. The van der Waals surface area contributed by atoms with Crippen molar-refractivity contribution in [3.05, 3.63) is 48.2 Å². The predicted octanol–water partition coefficient (Wildman–Crippen LogP) is 1.07. The number of hydrogen-bond acceptors (Lipinski definition) is 6. The number of carbonyl (C=O) groups is 1. The zero-order valence-corrected chi connectivity index (χ0v) is 10.2. The Morgan fingerprint density at radius 2 is 2.10 bits per heavy atom. The predicted molar refractivity (Wildman–Crippen MR) is 65.8 cm³/mol. The van der Waals surface area contributed by atoms with E-state index in [4.69, 9.17) is 0 Å². The molecule has 3 aromatic rings. The van der Waals surface area contributed by atoms with Crippen LogP contribution in [-0.2, 0) is 6.54 Å². The Morgan fingerprint density at radius 3 is 2.75 bits per heavy atom. The zero-order valence-electron chi connectivity index (χ0n) is 10.2. The minimum absolute atomic E-state index is 0.111. The number of carboxylic acid groups (broad SMARTS) is 1. The van der Waals surface area contributed by atoms with Gasteiger partial charge in [0.25, 0.3) is 0 Å². The van der Waals surface area contributed by atoms with E-state index in [0.717, 1.165) is 0 Å². The highest BCUT2D eigenvalue weighted by Gasteiger charge is 2.21. The van der Waals surface area contributed by atoms with Gasteiger partial charge in [-0.05, 0) is 0 Å². The average Bonchev–Trinajstić information content (AvgIpc) is 3.09. The summed E-state index contributed by atoms with van der Waals surface area (Å²) in [5.41, 5.74) is 1.00. The smallest absolute Gasteiger partial charge is 0.358 e. The molecule has 0 saturated carbocycles. The first-order chi connectivity index (χ1) is 9.75. The highest BCUT2D eigenvalue weighted by Crippen LogP contribution is 2.22. The molecule has 0 radical (unpaired) electrons. The van der Waals surface area contributed by atoms with Crippen LogP contribution in [0, 0.1) is 0 Å². The lowest BCUT2D eigenvalue weighted by molar-refractivity contribution is 0.0691. The number of carboxylic acids is 1. The number of aromatic carboxylic acids is 1. The Morgan fingerprint density at radius 1 is 1.30 bits per heavy atom. The molecule has 20 heavy (non-hydrogen) atoms. The van der Waals surface area contributed by atoms with Crippen LogP contribution in [0.3, 0.4) is 0 Å². The number of aromatic nitrogens is 5. The van der Waals surface area contributed by atoms with Crippen molar-refractivity contribution in [2.24, 2.45) is 0 Å². The Balaban J connectivity index is 2.09. The third-order valence-electron chi connectivity index (χ3n) is 2.68. The molecule has 100 valence electrons. The quantitative estimate of drug-likeness (QED) is 0.756. The molecule has 0 aliphatic carbocycles. The molecule has 1 N–H and O–H groups in total. The molecule has 2 aromatic heterocycles. The van der Waals surface area contributed by atoms with E-state index in [2.05, 4.69) is 25.0 Å². The van der Waals surface area contributed by atoms with Gasteiger partial charge in [-0.3, -0.25) is 0 Å². The molecule has 0 unspecified atom stereocenters. The molecular formula is C12H9N5O3. The van der Waals surface area contributed by atoms with Crippen LogP contribution in [0.1, 0.15) is 16.3 Å². The van der Waals surface area contributed by atoms with Crippen LogP contribution in [0.5, 0.6) is 0 Å². The number of hydrogen-bond donors (Lipinski definition) is 1. The molecule has 0 saturated heterocycles. The maximum absolute atomic E-state index is 11.2. The molecular weight excluding hydrogens is 262 g/mol. The SMILES string of the molecule is O=C(O)c1nnn(Cc2ncon2)c1-c1ccccc1. The summed E-state index contributed by atoms with van der Waals surface area (Å²) >= 11 is 0. The van der Waals surface area contributed by atoms with Crippen LogP contribution in [0.4, 0.5) is 0 Å². The monoisotopic (exact) mass is 271 g/mol. The highest BCUT2D eigenvalue weighted by atomic mass is 16.5. The van der Waals surface area contributed by atoms with Gasteiger partial charge in [-0.2, -0.15) is 4.98 Å². The van der Waals surface area contributed by atoms with E-state index in [9.17, 15) is 9.90 Å². The van der Waals surface area contributed by atoms with Crippen molar-refractivity contribution < 1.29 is 14.4 Å². The van der Waals surface area contributed by atoms with Crippen LogP contribution in [0.15, 0.2) is 41.2 Å². The van der Waals surface area contributed by atoms with Crippen molar-refractivity contribution in [1.29, 1.82) is 0 Å². The summed E-state index contributed by atoms with van der Waals surface area (Å²) in [7, 11) is 0. The van der Waals surface area contributed by atoms with Gasteiger partial charge in [0.1, 0.15) is 12.2 Å². The zero-order chi connectivity index (χ0) is 13.9. The van der Waals surface area contributed by atoms with Crippen molar-refractivity contribution in [3.8, 4) is 11.3 Å². The van der Waals surface area contributed by atoms with Crippen LogP contribution >= 0.6 is 0 Å². The van der Waals surface area contributed by atoms with E-state index < -0.39 is 5.97 Å². The normalized spacial score (nSPS) is 10.6. The van der Waals surface area contributed by atoms with Gasteiger partial charge in [-0.1, -0.05) is 40.7 Å². The molecule has 0 fully saturated rings. The number of benzene rings is 1. The summed E-state index contributed by atoms with van der Waals surface area (Å²) in [6.07, 6.45) is 1.20. The van der Waals surface area contributed by atoms with E-state index in [0.29, 0.717) is 17.1 Å². The molecule has 0 amide bonds. The first-order valence-corrected chi connectivity index (χ1v) is 5.73. The van der Waals surface area contributed by atoms with Crippen LogP contribution in [-0.4, -0.2) is 36.2 Å². The van der Waals surface area contributed by atoms with Crippen molar-refractivity contribution in [1.82, 2.24) is 25.1 Å². The van der Waals surface area contributed by atoms with Gasteiger partial charge in [-0.15, -0.1) is 5.10 Å². The maximum atomic E-state index is 11.2. The Kier molecular flexibility index (Phi) is 2.96. The minimum Gasteiger partial charge on any atom is -0.476 e. The summed E-state index contributed by atoms with van der Waals surface area (Å²) < 4.78 is 6.08. The molecule has 0 bridgehead atoms. The second kappa shape index (κ2) is 4.92. The van der Waals surface area contributed by atoms with E-state index in [-0.39, 0.29) is 12.2 Å². The average molecular weight is 271 g/mol. The van der Waals surface area contributed by atoms with Gasteiger partial charge in [0.2, 0.25) is 6.39 Å². The summed E-state index contributed by atoms with van der Waals surface area (Å²) in [6.45, 7) is 0.182. The number of rotatable bonds is 4. The van der Waals surface area contributed by atoms with E-state index in [1.807, 2.05) is 18.2 Å². The molecule has 3 rings (SSSR count). The van der Waals surface area contributed by atoms with Crippen LogP contribution < -0.4 is 0 Å². The van der Waals surface area contributed by atoms with Gasteiger partial charge >= 0.3 is 5.97 Å². The molecule has 0 aliphatic rings. The lowest BCUT2D eigenvalue weighted by atomic mass is 10.1. The van der Waals surface area contributed by atoms with Crippen molar-refractivity contribution >= 4 is 5.97 Å². The Bertz CT molecular complexity index is 721. The Labute approximate surface area is 112 Å². The third kappa shape index (κ3) is 2.14. The highest BCUT2D eigenvalue weighted by molar-refractivity contribution is 5.92. The maximum Gasteiger partial charge on any atom is 0.358 e. The third-order valence-corrected chi connectivity index (χ3v) is 2.68. The molecule has 8 nitrogen and oxygen atoms in total. The fourth-order valence-corrected chi connectivity index (χ4v) is 1.85. The summed E-state index contributed by atoms with van der Waals surface area (Å²) in [5, 5.41) is 20.4. The molecule has 2 heterocycles. The van der Waals surface area contributed by atoms with Gasteiger partial charge in [0, 0.05) is 5.56 Å². The minimum atomic E-state index is -1.14. The lowest BCUT2D eigenvalue weighted by Crippen LogP contribution is -2.07. The van der Waals surface area contributed by atoms with Crippen molar-refractivity contribution in [2.75, 3.05) is 0 Å². The summed E-state index contributed by atoms with van der Waals surface area (Å²) in [5.74, 6) is -0.743. The summed E-state index contributed by atoms with van der Waals surface area (Å²) in [4.78, 5) is 15.1. The number of nitrogens with zero attached hydrogens (tertiary/aromatic N) is 5. The molecule has 8 heteroatoms. The van der Waals surface area contributed by atoms with Gasteiger partial charge in [0.15, 0.2) is 11.5 Å².